The number of hydrogen-bond donors (Lipinski definition) is 2. The lowest BCUT2D eigenvalue weighted by molar-refractivity contribution is 0.208. The Hall–Kier alpha value is -3.61. The molecule has 0 radical (unpaired) electrons. The molecule has 1 aromatic carbocycles. The summed E-state index contributed by atoms with van der Waals surface area (Å²) >= 11 is 0. The predicted molar refractivity (Wildman–Crippen MR) is 148 cm³/mol. The lowest BCUT2D eigenvalue weighted by Crippen LogP contribution is -2.50. The molecule has 2 amide bonds. The highest BCUT2D eigenvalue weighted by Gasteiger charge is 2.24. The summed E-state index contributed by atoms with van der Waals surface area (Å²) in [7, 11) is 0. The molecule has 0 unspecified atom stereocenters. The van der Waals surface area contributed by atoms with E-state index in [4.69, 9.17) is 10.7 Å². The average Bonchev–Trinajstić information content (AvgIpc) is 2.87. The molecule has 0 spiro atoms. The standard InChI is InChI=1S/C29H38N6O/c1-5-21-11-13-24(32-26(21)30)14-12-22-8-7-15-31-27(22)34-16-18-35(19-17-34)28(36)33-25-10-6-9-23(20-25)29(2,3)4/h6-11,13,15,20H,5,12,14,16-19H2,1-4H3,(H2,30,32)(H,33,36). The third-order valence-corrected chi connectivity index (χ3v) is 6.82. The van der Waals surface area contributed by atoms with Crippen molar-refractivity contribution in [3.05, 3.63) is 77.1 Å². The molecule has 1 aliphatic heterocycles. The van der Waals surface area contributed by atoms with Gasteiger partial charge in [0.05, 0.1) is 0 Å². The van der Waals surface area contributed by atoms with E-state index in [1.165, 1.54) is 11.1 Å². The first kappa shape index (κ1) is 25.5. The van der Waals surface area contributed by atoms with Gasteiger partial charge in [0.25, 0.3) is 0 Å². The molecule has 0 saturated carbocycles. The van der Waals surface area contributed by atoms with E-state index in [1.807, 2.05) is 29.3 Å². The first-order valence-corrected chi connectivity index (χ1v) is 12.8. The summed E-state index contributed by atoms with van der Waals surface area (Å²) in [5.74, 6) is 1.62. The number of aryl methyl sites for hydroxylation is 3. The number of piperazine rings is 1. The maximum atomic E-state index is 12.9. The largest absolute Gasteiger partial charge is 0.383 e. The molecule has 0 atom stereocenters. The molecule has 2 aromatic heterocycles. The molecule has 0 bridgehead atoms. The fraction of sp³-hybridized carbons (Fsp3) is 0.414. The highest BCUT2D eigenvalue weighted by Crippen LogP contribution is 2.25. The molecular weight excluding hydrogens is 448 g/mol. The Morgan fingerprint density at radius 1 is 1.00 bits per heavy atom. The van der Waals surface area contributed by atoms with Gasteiger partial charge in [0.15, 0.2) is 0 Å². The number of rotatable bonds is 6. The van der Waals surface area contributed by atoms with Crippen molar-refractivity contribution < 1.29 is 4.79 Å². The van der Waals surface area contributed by atoms with Gasteiger partial charge in [-0.25, -0.2) is 14.8 Å². The molecule has 1 aliphatic rings. The molecule has 3 N–H and O–H groups in total. The fourth-order valence-electron chi connectivity index (χ4n) is 4.54. The van der Waals surface area contributed by atoms with Crippen LogP contribution in [0.15, 0.2) is 54.7 Å². The molecule has 1 saturated heterocycles. The Morgan fingerprint density at radius 2 is 1.78 bits per heavy atom. The summed E-state index contributed by atoms with van der Waals surface area (Å²) in [4.78, 5) is 26.4. The van der Waals surface area contributed by atoms with Crippen LogP contribution in [0.2, 0.25) is 0 Å². The van der Waals surface area contributed by atoms with Gasteiger partial charge in [-0.2, -0.15) is 0 Å². The van der Waals surface area contributed by atoms with Crippen LogP contribution >= 0.6 is 0 Å². The van der Waals surface area contributed by atoms with E-state index in [0.29, 0.717) is 18.9 Å². The van der Waals surface area contributed by atoms with Gasteiger partial charge in [-0.15, -0.1) is 0 Å². The maximum Gasteiger partial charge on any atom is 0.321 e. The Bertz CT molecular complexity index is 1190. The van der Waals surface area contributed by atoms with E-state index in [0.717, 1.165) is 55.1 Å². The van der Waals surface area contributed by atoms with Crippen LogP contribution in [0.25, 0.3) is 0 Å². The number of nitrogen functional groups attached to an aromatic ring is 1. The summed E-state index contributed by atoms with van der Waals surface area (Å²) in [6, 6.07) is 16.3. The first-order valence-electron chi connectivity index (χ1n) is 12.8. The molecule has 0 aliphatic carbocycles. The van der Waals surface area contributed by atoms with Crippen LogP contribution in [-0.2, 0) is 24.7 Å². The van der Waals surface area contributed by atoms with Crippen molar-refractivity contribution in [2.45, 2.75) is 52.4 Å². The van der Waals surface area contributed by atoms with E-state index in [-0.39, 0.29) is 11.4 Å². The van der Waals surface area contributed by atoms with E-state index < -0.39 is 0 Å². The zero-order valence-corrected chi connectivity index (χ0v) is 21.9. The van der Waals surface area contributed by atoms with E-state index in [2.05, 4.69) is 73.2 Å². The summed E-state index contributed by atoms with van der Waals surface area (Å²) in [5.41, 5.74) is 11.4. The number of pyridine rings is 2. The number of nitrogens with zero attached hydrogens (tertiary/aromatic N) is 4. The van der Waals surface area contributed by atoms with Gasteiger partial charge in [-0.05, 0) is 65.6 Å². The third kappa shape index (κ3) is 6.14. The normalized spacial score (nSPS) is 14.1. The van der Waals surface area contributed by atoms with Crippen LogP contribution < -0.4 is 16.0 Å². The number of carbonyl (C=O) groups is 1. The summed E-state index contributed by atoms with van der Waals surface area (Å²) in [5, 5.41) is 3.08. The van der Waals surface area contributed by atoms with E-state index in [9.17, 15) is 4.79 Å². The van der Waals surface area contributed by atoms with Crippen LogP contribution in [0.5, 0.6) is 0 Å². The van der Waals surface area contributed by atoms with Gasteiger partial charge in [-0.3, -0.25) is 0 Å². The highest BCUT2D eigenvalue weighted by molar-refractivity contribution is 5.89. The van der Waals surface area contributed by atoms with Gasteiger partial charge in [0.1, 0.15) is 11.6 Å². The Kier molecular flexibility index (Phi) is 7.77. The second-order valence-electron chi connectivity index (χ2n) is 10.4. The minimum Gasteiger partial charge on any atom is -0.383 e. The monoisotopic (exact) mass is 486 g/mol. The number of urea groups is 1. The highest BCUT2D eigenvalue weighted by atomic mass is 16.2. The third-order valence-electron chi connectivity index (χ3n) is 6.82. The zero-order chi connectivity index (χ0) is 25.7. The Morgan fingerprint density at radius 3 is 2.47 bits per heavy atom. The van der Waals surface area contributed by atoms with E-state index in [1.54, 1.807) is 0 Å². The van der Waals surface area contributed by atoms with Crippen molar-refractivity contribution in [3.63, 3.8) is 0 Å². The van der Waals surface area contributed by atoms with Crippen LogP contribution in [0, 0.1) is 0 Å². The molecule has 7 nitrogen and oxygen atoms in total. The number of aromatic nitrogens is 2. The Labute approximate surface area is 214 Å². The fourth-order valence-corrected chi connectivity index (χ4v) is 4.54. The van der Waals surface area contributed by atoms with Crippen molar-refractivity contribution in [1.82, 2.24) is 14.9 Å². The molecular formula is C29H38N6O. The number of anilines is 3. The topological polar surface area (TPSA) is 87.4 Å². The van der Waals surface area contributed by atoms with Crippen LogP contribution in [0.3, 0.4) is 0 Å². The predicted octanol–water partition coefficient (Wildman–Crippen LogP) is 5.06. The molecule has 1 fully saturated rings. The minimum absolute atomic E-state index is 0.0361. The lowest BCUT2D eigenvalue weighted by atomic mass is 9.87. The molecule has 7 heteroatoms. The van der Waals surface area contributed by atoms with Gasteiger partial charge >= 0.3 is 6.03 Å². The second kappa shape index (κ2) is 11.0. The van der Waals surface area contributed by atoms with Crippen molar-refractivity contribution in [1.29, 1.82) is 0 Å². The number of carbonyl (C=O) groups excluding carboxylic acids is 1. The number of nitrogens with two attached hydrogens (primary N) is 1. The van der Waals surface area contributed by atoms with Gasteiger partial charge in [0, 0.05) is 43.8 Å². The quantitative estimate of drug-likeness (QED) is 0.509. The van der Waals surface area contributed by atoms with E-state index >= 15 is 0 Å². The first-order chi connectivity index (χ1) is 17.2. The molecule has 4 rings (SSSR count). The SMILES string of the molecule is CCc1ccc(CCc2cccnc2N2CCN(C(=O)Nc3cccc(C(C)(C)C)c3)CC2)nc1N. The summed E-state index contributed by atoms with van der Waals surface area (Å²) in [6.45, 7) is 11.4. The van der Waals surface area contributed by atoms with Crippen molar-refractivity contribution >= 4 is 23.4 Å². The molecule has 3 aromatic rings. The van der Waals surface area contributed by atoms with Crippen molar-refractivity contribution in [2.75, 3.05) is 42.1 Å². The van der Waals surface area contributed by atoms with Gasteiger partial charge < -0.3 is 20.9 Å². The number of amides is 2. The smallest absolute Gasteiger partial charge is 0.321 e. The minimum atomic E-state index is -0.0545. The maximum absolute atomic E-state index is 12.9. The number of hydrogen-bond acceptors (Lipinski definition) is 5. The Balaban J connectivity index is 1.35. The lowest BCUT2D eigenvalue weighted by Gasteiger charge is -2.36. The van der Waals surface area contributed by atoms with Crippen LogP contribution in [0.1, 0.15) is 50.1 Å². The van der Waals surface area contributed by atoms with Gasteiger partial charge in [-0.1, -0.05) is 52.0 Å². The summed E-state index contributed by atoms with van der Waals surface area (Å²) in [6.07, 6.45) is 4.38. The van der Waals surface area contributed by atoms with Gasteiger partial charge in [0.2, 0.25) is 0 Å². The molecule has 3 heterocycles. The zero-order valence-electron chi connectivity index (χ0n) is 21.9. The molecule has 190 valence electrons. The molecule has 36 heavy (non-hydrogen) atoms. The van der Waals surface area contributed by atoms with Crippen LogP contribution in [0.4, 0.5) is 22.1 Å². The van der Waals surface area contributed by atoms with Crippen molar-refractivity contribution in [2.24, 2.45) is 0 Å². The van der Waals surface area contributed by atoms with Crippen molar-refractivity contribution in [3.8, 4) is 0 Å². The average molecular weight is 487 g/mol. The number of nitrogens with one attached hydrogen (secondary N) is 1. The summed E-state index contributed by atoms with van der Waals surface area (Å²) < 4.78 is 0. The second-order valence-corrected chi connectivity index (χ2v) is 10.4. The van der Waals surface area contributed by atoms with Crippen LogP contribution in [-0.4, -0.2) is 47.1 Å². The number of benzene rings is 1.